The number of carbonyl (C=O) groups excluding carboxylic acids is 1. The molecule has 0 aromatic carbocycles. The first-order chi connectivity index (χ1) is 9.20. The van der Waals surface area contributed by atoms with Gasteiger partial charge in [0.25, 0.3) is 0 Å². The van der Waals surface area contributed by atoms with Crippen molar-refractivity contribution in [3.8, 4) is 0 Å². The molecular weight excluding hydrogens is 242 g/mol. The van der Waals surface area contributed by atoms with Crippen LogP contribution in [0.1, 0.15) is 54.8 Å². The summed E-state index contributed by atoms with van der Waals surface area (Å²) >= 11 is 0. The molecule has 1 aromatic rings. The SMILES string of the molecule is CN(Cc1ccc(C(=O)NN)o1)C1CCCCCC1. The van der Waals surface area contributed by atoms with Crippen molar-refractivity contribution in [1.82, 2.24) is 10.3 Å². The van der Waals surface area contributed by atoms with Gasteiger partial charge in [-0.05, 0) is 32.0 Å². The van der Waals surface area contributed by atoms with Crippen LogP contribution in [0.2, 0.25) is 0 Å². The predicted octanol–water partition coefficient (Wildman–Crippen LogP) is 2.04. The molecule has 1 heterocycles. The Bertz CT molecular complexity index is 409. The molecule has 5 nitrogen and oxygen atoms in total. The fraction of sp³-hybridized carbons (Fsp3) is 0.643. The molecule has 106 valence electrons. The molecule has 1 aliphatic rings. The molecule has 0 bridgehead atoms. The molecule has 1 fully saturated rings. The summed E-state index contributed by atoms with van der Waals surface area (Å²) in [5, 5.41) is 0. The molecule has 0 saturated heterocycles. The van der Waals surface area contributed by atoms with Gasteiger partial charge in [-0.3, -0.25) is 15.1 Å². The quantitative estimate of drug-likeness (QED) is 0.378. The third-order valence-electron chi connectivity index (χ3n) is 3.87. The van der Waals surface area contributed by atoms with E-state index in [1.807, 2.05) is 6.07 Å². The third kappa shape index (κ3) is 3.81. The number of nitrogens with two attached hydrogens (primary N) is 1. The van der Waals surface area contributed by atoms with Gasteiger partial charge in [-0.25, -0.2) is 5.84 Å². The van der Waals surface area contributed by atoms with Crippen LogP contribution in [0, 0.1) is 0 Å². The van der Waals surface area contributed by atoms with Crippen LogP contribution in [0.15, 0.2) is 16.5 Å². The largest absolute Gasteiger partial charge is 0.455 e. The number of amides is 1. The van der Waals surface area contributed by atoms with E-state index in [4.69, 9.17) is 10.3 Å². The van der Waals surface area contributed by atoms with Gasteiger partial charge in [0.1, 0.15) is 5.76 Å². The standard InChI is InChI=1S/C14H23N3O2/c1-17(11-6-4-2-3-5-7-11)10-12-8-9-13(19-12)14(18)16-15/h8-9,11H,2-7,10,15H2,1H3,(H,16,18). The molecule has 1 amide bonds. The highest BCUT2D eigenvalue weighted by Crippen LogP contribution is 2.22. The van der Waals surface area contributed by atoms with Gasteiger partial charge in [0, 0.05) is 6.04 Å². The number of nitrogen functional groups attached to an aromatic ring is 1. The molecular formula is C14H23N3O2. The summed E-state index contributed by atoms with van der Waals surface area (Å²) in [7, 11) is 2.13. The van der Waals surface area contributed by atoms with Gasteiger partial charge in [0.2, 0.25) is 0 Å². The fourth-order valence-electron chi connectivity index (χ4n) is 2.73. The molecule has 1 aromatic heterocycles. The summed E-state index contributed by atoms with van der Waals surface area (Å²) in [6.45, 7) is 0.739. The smallest absolute Gasteiger partial charge is 0.300 e. The molecule has 1 saturated carbocycles. The van der Waals surface area contributed by atoms with E-state index < -0.39 is 0 Å². The number of hydrogen-bond acceptors (Lipinski definition) is 4. The molecule has 0 spiro atoms. The molecule has 3 N–H and O–H groups in total. The van der Waals surface area contributed by atoms with Gasteiger partial charge < -0.3 is 4.42 Å². The van der Waals surface area contributed by atoms with Crippen molar-refractivity contribution in [3.05, 3.63) is 23.7 Å². The number of carbonyl (C=O) groups is 1. The average Bonchev–Trinajstić information content (AvgIpc) is 2.71. The Kier molecular flexibility index (Phi) is 4.99. The van der Waals surface area contributed by atoms with Crippen molar-refractivity contribution >= 4 is 5.91 Å². The maximum absolute atomic E-state index is 11.3. The minimum atomic E-state index is -0.386. The van der Waals surface area contributed by atoms with Crippen LogP contribution in [-0.4, -0.2) is 23.9 Å². The summed E-state index contributed by atoms with van der Waals surface area (Å²) in [6.07, 6.45) is 7.85. The summed E-state index contributed by atoms with van der Waals surface area (Å²) in [5.41, 5.74) is 2.07. The Morgan fingerprint density at radius 3 is 2.68 bits per heavy atom. The van der Waals surface area contributed by atoms with Gasteiger partial charge in [-0.15, -0.1) is 0 Å². The van der Waals surface area contributed by atoms with E-state index in [0.29, 0.717) is 6.04 Å². The van der Waals surface area contributed by atoms with Crippen molar-refractivity contribution in [2.24, 2.45) is 5.84 Å². The van der Waals surface area contributed by atoms with Crippen LogP contribution in [0.4, 0.5) is 0 Å². The highest BCUT2D eigenvalue weighted by Gasteiger charge is 2.18. The van der Waals surface area contributed by atoms with E-state index >= 15 is 0 Å². The van der Waals surface area contributed by atoms with Gasteiger partial charge in [-0.1, -0.05) is 25.7 Å². The lowest BCUT2D eigenvalue weighted by Gasteiger charge is -2.26. The Morgan fingerprint density at radius 1 is 1.37 bits per heavy atom. The van der Waals surface area contributed by atoms with Crippen molar-refractivity contribution in [2.45, 2.75) is 51.1 Å². The zero-order chi connectivity index (χ0) is 13.7. The summed E-state index contributed by atoms with van der Waals surface area (Å²) in [4.78, 5) is 13.6. The Morgan fingerprint density at radius 2 is 2.05 bits per heavy atom. The molecule has 0 unspecified atom stereocenters. The van der Waals surface area contributed by atoms with E-state index in [1.165, 1.54) is 38.5 Å². The van der Waals surface area contributed by atoms with Crippen molar-refractivity contribution in [2.75, 3.05) is 7.05 Å². The van der Waals surface area contributed by atoms with E-state index in [9.17, 15) is 4.79 Å². The van der Waals surface area contributed by atoms with Crippen LogP contribution in [0.25, 0.3) is 0 Å². The molecule has 0 radical (unpaired) electrons. The topological polar surface area (TPSA) is 71.5 Å². The first-order valence-electron chi connectivity index (χ1n) is 7.00. The maximum Gasteiger partial charge on any atom is 0.300 e. The van der Waals surface area contributed by atoms with Crippen LogP contribution >= 0.6 is 0 Å². The highest BCUT2D eigenvalue weighted by molar-refractivity contribution is 5.90. The average molecular weight is 265 g/mol. The van der Waals surface area contributed by atoms with E-state index in [0.717, 1.165) is 12.3 Å². The van der Waals surface area contributed by atoms with Crippen LogP contribution in [0.5, 0.6) is 0 Å². The number of hydrazine groups is 1. The van der Waals surface area contributed by atoms with Crippen LogP contribution in [0.3, 0.4) is 0 Å². The molecule has 19 heavy (non-hydrogen) atoms. The fourth-order valence-corrected chi connectivity index (χ4v) is 2.73. The summed E-state index contributed by atoms with van der Waals surface area (Å²) in [5.74, 6) is 5.77. The first-order valence-corrected chi connectivity index (χ1v) is 7.00. The van der Waals surface area contributed by atoms with Gasteiger partial charge in [-0.2, -0.15) is 0 Å². The number of nitrogens with zero attached hydrogens (tertiary/aromatic N) is 1. The first kappa shape index (κ1) is 14.1. The number of furan rings is 1. The van der Waals surface area contributed by atoms with Crippen LogP contribution < -0.4 is 11.3 Å². The summed E-state index contributed by atoms with van der Waals surface area (Å²) in [6, 6.07) is 4.13. The van der Waals surface area contributed by atoms with Crippen molar-refractivity contribution < 1.29 is 9.21 Å². The second kappa shape index (κ2) is 6.73. The van der Waals surface area contributed by atoms with Crippen LogP contribution in [-0.2, 0) is 6.54 Å². The molecule has 1 aliphatic carbocycles. The monoisotopic (exact) mass is 265 g/mol. The molecule has 5 heteroatoms. The number of rotatable bonds is 4. The van der Waals surface area contributed by atoms with Gasteiger partial charge in [0.15, 0.2) is 5.76 Å². The number of hydrogen-bond donors (Lipinski definition) is 2. The Labute approximate surface area is 114 Å². The van der Waals surface area contributed by atoms with Crippen molar-refractivity contribution in [1.29, 1.82) is 0 Å². The normalized spacial score (nSPS) is 17.4. The zero-order valence-corrected chi connectivity index (χ0v) is 11.5. The minimum Gasteiger partial charge on any atom is -0.455 e. The van der Waals surface area contributed by atoms with E-state index in [2.05, 4.69) is 17.4 Å². The second-order valence-electron chi connectivity index (χ2n) is 5.30. The third-order valence-corrected chi connectivity index (χ3v) is 3.87. The Hall–Kier alpha value is -1.33. The minimum absolute atomic E-state index is 0.270. The predicted molar refractivity (Wildman–Crippen MR) is 73.3 cm³/mol. The van der Waals surface area contributed by atoms with E-state index in [1.54, 1.807) is 6.07 Å². The molecule has 0 atom stereocenters. The molecule has 2 rings (SSSR count). The maximum atomic E-state index is 11.3. The highest BCUT2D eigenvalue weighted by atomic mass is 16.4. The second-order valence-corrected chi connectivity index (χ2v) is 5.30. The lowest BCUT2D eigenvalue weighted by Crippen LogP contribution is -2.30. The van der Waals surface area contributed by atoms with Crippen molar-refractivity contribution in [3.63, 3.8) is 0 Å². The Balaban J connectivity index is 1.92. The lowest BCUT2D eigenvalue weighted by atomic mass is 10.1. The lowest BCUT2D eigenvalue weighted by molar-refractivity contribution is 0.0921. The number of nitrogens with one attached hydrogen (secondary N) is 1. The molecule has 0 aliphatic heterocycles. The summed E-state index contributed by atoms with van der Waals surface area (Å²) < 4.78 is 5.50. The van der Waals surface area contributed by atoms with E-state index in [-0.39, 0.29) is 11.7 Å². The van der Waals surface area contributed by atoms with Gasteiger partial charge >= 0.3 is 5.91 Å². The zero-order valence-electron chi connectivity index (χ0n) is 11.5. The van der Waals surface area contributed by atoms with Gasteiger partial charge in [0.05, 0.1) is 6.54 Å².